The molecule has 0 radical (unpaired) electrons. The van der Waals surface area contributed by atoms with Crippen molar-refractivity contribution in [2.24, 2.45) is 0 Å². The van der Waals surface area contributed by atoms with Gasteiger partial charge in [0.05, 0.1) is 6.61 Å². The van der Waals surface area contributed by atoms with E-state index < -0.39 is 0 Å². The summed E-state index contributed by atoms with van der Waals surface area (Å²) in [6.45, 7) is 8.56. The van der Waals surface area contributed by atoms with Crippen LogP contribution in [0.1, 0.15) is 20.8 Å². The third-order valence-electron chi connectivity index (χ3n) is 3.19. The molecule has 0 saturated heterocycles. The average molecular weight is 330 g/mol. The van der Waals surface area contributed by atoms with Gasteiger partial charge in [0.2, 0.25) is 0 Å². The van der Waals surface area contributed by atoms with E-state index in [1.807, 2.05) is 31.2 Å². The molecule has 0 amide bonds. The average Bonchev–Trinajstić information content (AvgIpc) is 2.40. The number of benzene rings is 1. The summed E-state index contributed by atoms with van der Waals surface area (Å²) in [5.74, 6) is 1.63. The molecule has 0 heterocycles. The lowest BCUT2D eigenvalue weighted by Gasteiger charge is -2.33. The first-order valence-corrected chi connectivity index (χ1v) is 7.75. The number of rotatable bonds is 8. The third-order valence-corrected chi connectivity index (χ3v) is 4.57. The molecule has 0 aliphatic heterocycles. The van der Waals surface area contributed by atoms with Crippen LogP contribution >= 0.6 is 15.9 Å². The Morgan fingerprint density at radius 3 is 2.26 bits per heavy atom. The van der Waals surface area contributed by atoms with Crippen molar-refractivity contribution >= 4 is 15.9 Å². The maximum atomic E-state index is 5.82. The van der Waals surface area contributed by atoms with Gasteiger partial charge in [-0.25, -0.2) is 0 Å². The molecule has 1 rings (SSSR count). The third kappa shape index (κ3) is 5.03. The largest absolute Gasteiger partial charge is 0.490 e. The highest BCUT2D eigenvalue weighted by atomic mass is 79.9. The summed E-state index contributed by atoms with van der Waals surface area (Å²) in [6, 6.07) is 7.80. The number of nitrogens with zero attached hydrogens (tertiary/aromatic N) is 1. The molecule has 108 valence electrons. The first kappa shape index (κ1) is 16.3. The molecule has 0 bridgehead atoms. The molecule has 19 heavy (non-hydrogen) atoms. The van der Waals surface area contributed by atoms with Crippen LogP contribution in [0.4, 0.5) is 0 Å². The van der Waals surface area contributed by atoms with E-state index in [4.69, 9.17) is 9.47 Å². The van der Waals surface area contributed by atoms with Gasteiger partial charge >= 0.3 is 0 Å². The van der Waals surface area contributed by atoms with Gasteiger partial charge in [-0.2, -0.15) is 0 Å². The van der Waals surface area contributed by atoms with Crippen molar-refractivity contribution in [2.75, 3.05) is 32.1 Å². The maximum absolute atomic E-state index is 5.82. The standard InChI is InChI=1S/C15H24BrNO2/c1-5-18-13-8-6-7-9-14(13)19-11-10-17(4)15(2,3)12-16/h6-9H,5,10-12H2,1-4H3. The number of hydrogen-bond donors (Lipinski definition) is 0. The predicted molar refractivity (Wildman–Crippen MR) is 83.6 cm³/mol. The maximum Gasteiger partial charge on any atom is 0.161 e. The van der Waals surface area contributed by atoms with Gasteiger partial charge in [0.1, 0.15) is 6.61 Å². The minimum Gasteiger partial charge on any atom is -0.490 e. The van der Waals surface area contributed by atoms with Gasteiger partial charge in [0, 0.05) is 17.4 Å². The first-order valence-electron chi connectivity index (χ1n) is 6.63. The highest BCUT2D eigenvalue weighted by Crippen LogP contribution is 2.26. The number of para-hydroxylation sites is 2. The number of halogens is 1. The van der Waals surface area contributed by atoms with Crippen molar-refractivity contribution in [3.8, 4) is 11.5 Å². The molecule has 0 atom stereocenters. The van der Waals surface area contributed by atoms with Gasteiger partial charge in [-0.1, -0.05) is 28.1 Å². The van der Waals surface area contributed by atoms with Crippen LogP contribution in [0.25, 0.3) is 0 Å². The van der Waals surface area contributed by atoms with Gasteiger partial charge in [-0.15, -0.1) is 0 Å². The summed E-state index contributed by atoms with van der Waals surface area (Å²) >= 11 is 3.54. The summed E-state index contributed by atoms with van der Waals surface area (Å²) in [5, 5.41) is 0.937. The number of alkyl halides is 1. The van der Waals surface area contributed by atoms with Crippen molar-refractivity contribution in [1.29, 1.82) is 0 Å². The molecular formula is C15H24BrNO2. The van der Waals surface area contributed by atoms with Gasteiger partial charge in [-0.3, -0.25) is 4.90 Å². The monoisotopic (exact) mass is 329 g/mol. The molecule has 0 spiro atoms. The Hall–Kier alpha value is -0.740. The topological polar surface area (TPSA) is 21.7 Å². The lowest BCUT2D eigenvalue weighted by Crippen LogP contribution is -2.44. The number of hydrogen-bond acceptors (Lipinski definition) is 3. The number of ether oxygens (including phenoxy) is 2. The van der Waals surface area contributed by atoms with E-state index in [0.29, 0.717) is 13.2 Å². The van der Waals surface area contributed by atoms with E-state index in [1.54, 1.807) is 0 Å². The molecule has 0 aliphatic carbocycles. The van der Waals surface area contributed by atoms with Crippen LogP contribution in [0.3, 0.4) is 0 Å². The lowest BCUT2D eigenvalue weighted by molar-refractivity contribution is 0.146. The molecule has 0 unspecified atom stereocenters. The van der Waals surface area contributed by atoms with Gasteiger partial charge < -0.3 is 9.47 Å². The smallest absolute Gasteiger partial charge is 0.161 e. The molecule has 4 heteroatoms. The fraction of sp³-hybridized carbons (Fsp3) is 0.600. The molecule has 0 aliphatic rings. The quantitative estimate of drug-likeness (QED) is 0.680. The van der Waals surface area contributed by atoms with Crippen LogP contribution in [-0.2, 0) is 0 Å². The van der Waals surface area contributed by atoms with E-state index in [1.165, 1.54) is 0 Å². The van der Waals surface area contributed by atoms with Crippen molar-refractivity contribution in [3.63, 3.8) is 0 Å². The van der Waals surface area contributed by atoms with E-state index in [9.17, 15) is 0 Å². The van der Waals surface area contributed by atoms with E-state index >= 15 is 0 Å². The van der Waals surface area contributed by atoms with Gasteiger partial charge in [0.25, 0.3) is 0 Å². The zero-order valence-corrected chi connectivity index (χ0v) is 13.9. The van der Waals surface area contributed by atoms with E-state index in [2.05, 4.69) is 41.7 Å². The van der Waals surface area contributed by atoms with Crippen LogP contribution in [0.2, 0.25) is 0 Å². The lowest BCUT2D eigenvalue weighted by atomic mass is 10.1. The Labute approximate surface area is 125 Å². The molecule has 1 aromatic carbocycles. The Morgan fingerprint density at radius 2 is 1.74 bits per heavy atom. The molecule has 3 nitrogen and oxygen atoms in total. The molecule has 0 aromatic heterocycles. The van der Waals surface area contributed by atoms with Crippen molar-refractivity contribution in [2.45, 2.75) is 26.3 Å². The second-order valence-electron chi connectivity index (χ2n) is 5.10. The van der Waals surface area contributed by atoms with Crippen LogP contribution in [-0.4, -0.2) is 42.6 Å². The fourth-order valence-electron chi connectivity index (χ4n) is 1.54. The van der Waals surface area contributed by atoms with Crippen molar-refractivity contribution in [1.82, 2.24) is 4.90 Å². The van der Waals surface area contributed by atoms with Gasteiger partial charge in [0.15, 0.2) is 11.5 Å². The van der Waals surface area contributed by atoms with Crippen LogP contribution in [0, 0.1) is 0 Å². The minimum absolute atomic E-state index is 0.128. The highest BCUT2D eigenvalue weighted by molar-refractivity contribution is 9.09. The summed E-state index contributed by atoms with van der Waals surface area (Å²) in [4.78, 5) is 2.28. The SMILES string of the molecule is CCOc1ccccc1OCCN(C)C(C)(C)CBr. The summed E-state index contributed by atoms with van der Waals surface area (Å²) in [7, 11) is 2.11. The normalized spacial score (nSPS) is 11.7. The van der Waals surface area contributed by atoms with E-state index in [-0.39, 0.29) is 5.54 Å². The van der Waals surface area contributed by atoms with Crippen LogP contribution < -0.4 is 9.47 Å². The predicted octanol–water partition coefficient (Wildman–Crippen LogP) is 3.57. The summed E-state index contributed by atoms with van der Waals surface area (Å²) in [6.07, 6.45) is 0. The summed E-state index contributed by atoms with van der Waals surface area (Å²) < 4.78 is 11.4. The van der Waals surface area contributed by atoms with Crippen molar-refractivity contribution in [3.05, 3.63) is 24.3 Å². The highest BCUT2D eigenvalue weighted by Gasteiger charge is 2.21. The Morgan fingerprint density at radius 1 is 1.16 bits per heavy atom. The molecule has 1 aromatic rings. The fourth-order valence-corrected chi connectivity index (χ4v) is 1.97. The van der Waals surface area contributed by atoms with Gasteiger partial charge in [-0.05, 0) is 40.0 Å². The molecule has 0 saturated carbocycles. The summed E-state index contributed by atoms with van der Waals surface area (Å²) in [5.41, 5.74) is 0.128. The Bertz CT molecular complexity index is 382. The second-order valence-corrected chi connectivity index (χ2v) is 5.66. The first-order chi connectivity index (χ1) is 9.01. The molecule has 0 N–H and O–H groups in total. The second kappa shape index (κ2) is 7.75. The Kier molecular flexibility index (Phi) is 6.66. The molecule has 0 fully saturated rings. The minimum atomic E-state index is 0.128. The Balaban J connectivity index is 2.49. The van der Waals surface area contributed by atoms with Crippen LogP contribution in [0.5, 0.6) is 11.5 Å². The zero-order chi connectivity index (χ0) is 14.3. The van der Waals surface area contributed by atoms with Crippen molar-refractivity contribution < 1.29 is 9.47 Å². The zero-order valence-electron chi connectivity index (χ0n) is 12.3. The van der Waals surface area contributed by atoms with E-state index in [0.717, 1.165) is 23.4 Å². The number of likely N-dealkylation sites (N-methyl/N-ethyl adjacent to an activating group) is 1. The van der Waals surface area contributed by atoms with Crippen LogP contribution in [0.15, 0.2) is 24.3 Å². The molecular weight excluding hydrogens is 306 g/mol.